The Labute approximate surface area is 174 Å². The minimum absolute atomic E-state index is 0.434. The third-order valence-electron chi connectivity index (χ3n) is 5.35. The van der Waals surface area contributed by atoms with Gasteiger partial charge in [0, 0.05) is 44.0 Å². The number of pyridine rings is 1. The van der Waals surface area contributed by atoms with Crippen LogP contribution in [0.4, 0.5) is 0 Å². The Bertz CT molecular complexity index is 763. The first-order chi connectivity index (χ1) is 14.2. The molecule has 0 radical (unpaired) electrons. The Hall–Kier alpha value is -2.60. The first kappa shape index (κ1) is 21.1. The van der Waals surface area contributed by atoms with Gasteiger partial charge in [-0.15, -0.1) is 0 Å². The number of aromatic nitrogens is 1. The summed E-state index contributed by atoms with van der Waals surface area (Å²) in [6.45, 7) is 7.97. The van der Waals surface area contributed by atoms with Crippen LogP contribution in [0.3, 0.4) is 0 Å². The molecule has 0 amide bonds. The van der Waals surface area contributed by atoms with Gasteiger partial charge in [-0.1, -0.05) is 36.4 Å². The highest BCUT2D eigenvalue weighted by molar-refractivity contribution is 5.80. The first-order valence-corrected chi connectivity index (χ1v) is 10.5. The summed E-state index contributed by atoms with van der Waals surface area (Å²) in [4.78, 5) is 11.6. The number of guanidine groups is 1. The smallest absolute Gasteiger partial charge is 0.212 e. The SMILES string of the molecule is CCNC(=NCc1ccc(OC)nc1)NC1CCN(Cc2ccccc2)C(C)C1. The maximum Gasteiger partial charge on any atom is 0.212 e. The van der Waals surface area contributed by atoms with Gasteiger partial charge in [0.15, 0.2) is 5.96 Å². The second-order valence-corrected chi connectivity index (χ2v) is 7.57. The van der Waals surface area contributed by atoms with Crippen LogP contribution in [0.15, 0.2) is 53.7 Å². The van der Waals surface area contributed by atoms with Gasteiger partial charge in [-0.2, -0.15) is 0 Å². The van der Waals surface area contributed by atoms with E-state index in [-0.39, 0.29) is 0 Å². The van der Waals surface area contributed by atoms with Crippen molar-refractivity contribution in [3.05, 3.63) is 59.8 Å². The van der Waals surface area contributed by atoms with Gasteiger partial charge < -0.3 is 15.4 Å². The molecular formula is C23H33N5O. The molecule has 1 saturated heterocycles. The van der Waals surface area contributed by atoms with Gasteiger partial charge in [-0.25, -0.2) is 9.98 Å². The zero-order valence-electron chi connectivity index (χ0n) is 17.8. The first-order valence-electron chi connectivity index (χ1n) is 10.5. The lowest BCUT2D eigenvalue weighted by Gasteiger charge is -2.38. The molecule has 2 atom stereocenters. The van der Waals surface area contributed by atoms with E-state index in [4.69, 9.17) is 9.73 Å². The predicted octanol–water partition coefficient (Wildman–Crippen LogP) is 3.20. The molecular weight excluding hydrogens is 362 g/mol. The van der Waals surface area contributed by atoms with Crippen molar-refractivity contribution < 1.29 is 4.74 Å². The lowest BCUT2D eigenvalue weighted by molar-refractivity contribution is 0.134. The molecule has 1 fully saturated rings. The molecule has 2 unspecified atom stereocenters. The van der Waals surface area contributed by atoms with Crippen molar-refractivity contribution in [3.63, 3.8) is 0 Å². The number of nitrogens with one attached hydrogen (secondary N) is 2. The van der Waals surface area contributed by atoms with E-state index >= 15 is 0 Å². The molecule has 2 heterocycles. The number of ether oxygens (including phenoxy) is 1. The number of likely N-dealkylation sites (tertiary alicyclic amines) is 1. The number of hydrogen-bond acceptors (Lipinski definition) is 4. The van der Waals surface area contributed by atoms with Crippen molar-refractivity contribution in [2.24, 2.45) is 4.99 Å². The Balaban J connectivity index is 1.53. The molecule has 0 bridgehead atoms. The van der Waals surface area contributed by atoms with Gasteiger partial charge in [0.05, 0.1) is 13.7 Å². The van der Waals surface area contributed by atoms with Crippen molar-refractivity contribution in [1.82, 2.24) is 20.5 Å². The maximum atomic E-state index is 5.11. The zero-order valence-corrected chi connectivity index (χ0v) is 17.8. The van der Waals surface area contributed by atoms with Crippen LogP contribution < -0.4 is 15.4 Å². The molecule has 0 spiro atoms. The fraction of sp³-hybridized carbons (Fsp3) is 0.478. The molecule has 1 aliphatic rings. The third kappa shape index (κ3) is 6.46. The monoisotopic (exact) mass is 395 g/mol. The number of piperidine rings is 1. The normalized spacial score (nSPS) is 20.3. The Morgan fingerprint density at radius 3 is 2.69 bits per heavy atom. The summed E-state index contributed by atoms with van der Waals surface area (Å²) in [6.07, 6.45) is 4.04. The summed E-state index contributed by atoms with van der Waals surface area (Å²) in [5.41, 5.74) is 2.45. The fourth-order valence-corrected chi connectivity index (χ4v) is 3.71. The van der Waals surface area contributed by atoms with Crippen molar-refractivity contribution in [2.75, 3.05) is 20.2 Å². The molecule has 2 aromatic rings. The van der Waals surface area contributed by atoms with Gasteiger partial charge in [0.1, 0.15) is 0 Å². The van der Waals surface area contributed by atoms with Crippen molar-refractivity contribution in [1.29, 1.82) is 0 Å². The topological polar surface area (TPSA) is 61.8 Å². The maximum absolute atomic E-state index is 5.11. The van der Waals surface area contributed by atoms with Crippen LogP contribution >= 0.6 is 0 Å². The summed E-state index contributed by atoms with van der Waals surface area (Å²) in [6, 6.07) is 15.6. The Morgan fingerprint density at radius 2 is 2.03 bits per heavy atom. The van der Waals surface area contributed by atoms with Gasteiger partial charge in [0.2, 0.25) is 5.88 Å². The zero-order chi connectivity index (χ0) is 20.5. The van der Waals surface area contributed by atoms with E-state index in [1.54, 1.807) is 7.11 Å². The average Bonchev–Trinajstić information content (AvgIpc) is 2.75. The Morgan fingerprint density at radius 1 is 1.21 bits per heavy atom. The van der Waals surface area contributed by atoms with E-state index in [1.807, 2.05) is 18.3 Å². The molecule has 1 aromatic heterocycles. The molecule has 0 saturated carbocycles. The molecule has 1 aromatic carbocycles. The average molecular weight is 396 g/mol. The number of benzene rings is 1. The van der Waals surface area contributed by atoms with Gasteiger partial charge >= 0.3 is 0 Å². The number of methoxy groups -OCH3 is 1. The number of nitrogens with zero attached hydrogens (tertiary/aromatic N) is 3. The van der Waals surface area contributed by atoms with Crippen LogP contribution in [0.1, 0.15) is 37.8 Å². The van der Waals surface area contributed by atoms with Crippen LogP contribution in [0.2, 0.25) is 0 Å². The second kappa shape index (κ2) is 10.8. The minimum atomic E-state index is 0.434. The molecule has 1 aliphatic heterocycles. The molecule has 3 rings (SSSR count). The van der Waals surface area contributed by atoms with Crippen LogP contribution in [0, 0.1) is 0 Å². The lowest BCUT2D eigenvalue weighted by atomic mass is 9.97. The summed E-state index contributed by atoms with van der Waals surface area (Å²) in [5.74, 6) is 1.50. The number of aliphatic imine (C=N–C) groups is 1. The number of rotatable bonds is 7. The van der Waals surface area contributed by atoms with Crippen LogP contribution in [0.5, 0.6) is 5.88 Å². The molecule has 29 heavy (non-hydrogen) atoms. The number of hydrogen-bond donors (Lipinski definition) is 2. The van der Waals surface area contributed by atoms with E-state index < -0.39 is 0 Å². The van der Waals surface area contributed by atoms with Gasteiger partial charge in [-0.05, 0) is 37.8 Å². The van der Waals surface area contributed by atoms with Crippen molar-refractivity contribution in [3.8, 4) is 5.88 Å². The van der Waals surface area contributed by atoms with E-state index in [2.05, 4.69) is 64.7 Å². The van der Waals surface area contributed by atoms with E-state index in [9.17, 15) is 0 Å². The Kier molecular flexibility index (Phi) is 7.87. The molecule has 2 N–H and O–H groups in total. The van der Waals surface area contributed by atoms with Crippen LogP contribution in [-0.2, 0) is 13.1 Å². The largest absolute Gasteiger partial charge is 0.481 e. The van der Waals surface area contributed by atoms with E-state index in [1.165, 1.54) is 5.56 Å². The van der Waals surface area contributed by atoms with E-state index in [0.29, 0.717) is 24.5 Å². The highest BCUT2D eigenvalue weighted by Gasteiger charge is 2.25. The molecule has 6 nitrogen and oxygen atoms in total. The minimum Gasteiger partial charge on any atom is -0.481 e. The summed E-state index contributed by atoms with van der Waals surface area (Å²) in [5, 5.41) is 7.00. The predicted molar refractivity (Wildman–Crippen MR) is 118 cm³/mol. The summed E-state index contributed by atoms with van der Waals surface area (Å²) < 4.78 is 5.11. The molecule has 6 heteroatoms. The van der Waals surface area contributed by atoms with Crippen LogP contribution in [0.25, 0.3) is 0 Å². The molecule has 156 valence electrons. The van der Waals surface area contributed by atoms with Crippen molar-refractivity contribution >= 4 is 5.96 Å². The quantitative estimate of drug-likeness (QED) is 0.557. The highest BCUT2D eigenvalue weighted by Crippen LogP contribution is 2.20. The third-order valence-corrected chi connectivity index (χ3v) is 5.35. The summed E-state index contributed by atoms with van der Waals surface area (Å²) in [7, 11) is 1.62. The lowest BCUT2D eigenvalue weighted by Crippen LogP contribution is -2.51. The fourth-order valence-electron chi connectivity index (χ4n) is 3.71. The highest BCUT2D eigenvalue weighted by atomic mass is 16.5. The van der Waals surface area contributed by atoms with Gasteiger partial charge in [-0.3, -0.25) is 4.90 Å². The second-order valence-electron chi connectivity index (χ2n) is 7.57. The van der Waals surface area contributed by atoms with Gasteiger partial charge in [0.25, 0.3) is 0 Å². The standard InChI is InChI=1S/C23H33N5O/c1-4-24-23(26-16-20-10-11-22(29-3)25-15-20)27-21-12-13-28(18(2)14-21)17-19-8-6-5-7-9-19/h5-11,15,18,21H,4,12-14,16-17H2,1-3H3,(H2,24,26,27). The van der Waals surface area contributed by atoms with Crippen LogP contribution in [-0.4, -0.2) is 48.1 Å². The van der Waals surface area contributed by atoms with Crippen molar-refractivity contribution in [2.45, 2.75) is 51.9 Å². The molecule has 0 aliphatic carbocycles. The summed E-state index contributed by atoms with van der Waals surface area (Å²) >= 11 is 0. The van der Waals surface area contributed by atoms with E-state index in [0.717, 1.165) is 44.0 Å².